The summed E-state index contributed by atoms with van der Waals surface area (Å²) in [7, 11) is 3.06. The number of anilines is 1. The van der Waals surface area contributed by atoms with Crippen molar-refractivity contribution in [2.75, 3.05) is 19.5 Å². The summed E-state index contributed by atoms with van der Waals surface area (Å²) in [4.78, 5) is 12.2. The van der Waals surface area contributed by atoms with E-state index in [4.69, 9.17) is 9.47 Å². The standard InChI is InChI=1S/C16H22FNO3/c1-11-8-12(17)10-13(9-11)18-16(15(19)21-3)6-4-14(20-2)5-7-16/h8-10,14,18H,4-7H2,1-3H3. The summed E-state index contributed by atoms with van der Waals surface area (Å²) in [5.41, 5.74) is 0.612. The van der Waals surface area contributed by atoms with Crippen molar-refractivity contribution in [2.24, 2.45) is 0 Å². The Labute approximate surface area is 124 Å². The molecule has 0 aromatic heterocycles. The van der Waals surface area contributed by atoms with E-state index in [9.17, 15) is 9.18 Å². The van der Waals surface area contributed by atoms with Gasteiger partial charge in [0, 0.05) is 12.8 Å². The third-order valence-electron chi connectivity index (χ3n) is 4.12. The van der Waals surface area contributed by atoms with Gasteiger partial charge in [0.05, 0.1) is 13.2 Å². The first-order valence-electron chi connectivity index (χ1n) is 7.16. The molecule has 0 atom stereocenters. The summed E-state index contributed by atoms with van der Waals surface area (Å²) in [6, 6.07) is 4.69. The molecule has 0 spiro atoms. The van der Waals surface area contributed by atoms with Crippen molar-refractivity contribution in [3.63, 3.8) is 0 Å². The molecule has 1 aliphatic carbocycles. The van der Waals surface area contributed by atoms with E-state index < -0.39 is 5.54 Å². The summed E-state index contributed by atoms with van der Waals surface area (Å²) in [5, 5.41) is 3.20. The van der Waals surface area contributed by atoms with Gasteiger partial charge in [-0.25, -0.2) is 9.18 Å². The molecule has 0 heterocycles. The first kappa shape index (κ1) is 15.8. The Morgan fingerprint density at radius 2 is 1.95 bits per heavy atom. The molecule has 2 rings (SSSR count). The first-order chi connectivity index (χ1) is 9.99. The number of ether oxygens (including phenoxy) is 2. The van der Waals surface area contributed by atoms with Crippen LogP contribution in [0.1, 0.15) is 31.2 Å². The fraction of sp³-hybridized carbons (Fsp3) is 0.562. The Hall–Kier alpha value is -1.62. The smallest absolute Gasteiger partial charge is 0.331 e. The molecule has 1 aliphatic rings. The van der Waals surface area contributed by atoms with E-state index in [0.29, 0.717) is 18.5 Å². The second-order valence-electron chi connectivity index (χ2n) is 5.65. The summed E-state index contributed by atoms with van der Waals surface area (Å²) in [6.07, 6.45) is 2.92. The maximum absolute atomic E-state index is 13.5. The monoisotopic (exact) mass is 295 g/mol. The SMILES string of the molecule is COC(=O)C1(Nc2cc(C)cc(F)c2)CCC(OC)CC1. The van der Waals surface area contributed by atoms with Gasteiger partial charge in [0.2, 0.25) is 0 Å². The highest BCUT2D eigenvalue weighted by Gasteiger charge is 2.43. The Bertz CT molecular complexity index is 490. The Kier molecular flexibility index (Phi) is 4.83. The lowest BCUT2D eigenvalue weighted by Crippen LogP contribution is -2.50. The molecule has 1 aromatic rings. The number of esters is 1. The number of methoxy groups -OCH3 is 2. The summed E-state index contributed by atoms with van der Waals surface area (Å²) < 4.78 is 23.8. The van der Waals surface area contributed by atoms with Crippen molar-refractivity contribution in [1.82, 2.24) is 0 Å². The minimum atomic E-state index is -0.802. The largest absolute Gasteiger partial charge is 0.467 e. The summed E-state index contributed by atoms with van der Waals surface area (Å²) in [5.74, 6) is -0.623. The van der Waals surface area contributed by atoms with E-state index in [2.05, 4.69) is 5.32 Å². The summed E-state index contributed by atoms with van der Waals surface area (Å²) >= 11 is 0. The van der Waals surface area contributed by atoms with Crippen molar-refractivity contribution in [3.8, 4) is 0 Å². The molecule has 1 N–H and O–H groups in total. The highest BCUT2D eigenvalue weighted by molar-refractivity contribution is 5.84. The zero-order chi connectivity index (χ0) is 15.5. The third-order valence-corrected chi connectivity index (χ3v) is 4.12. The van der Waals surface area contributed by atoms with E-state index in [0.717, 1.165) is 18.4 Å². The number of aryl methyl sites for hydroxylation is 1. The molecule has 116 valence electrons. The van der Waals surface area contributed by atoms with Gasteiger partial charge < -0.3 is 14.8 Å². The average molecular weight is 295 g/mol. The molecule has 1 fully saturated rings. The predicted molar refractivity (Wildman–Crippen MR) is 78.8 cm³/mol. The van der Waals surface area contributed by atoms with Crippen LogP contribution in [0.25, 0.3) is 0 Å². The molecular formula is C16H22FNO3. The van der Waals surface area contributed by atoms with Gasteiger partial charge in [-0.05, 0) is 56.4 Å². The first-order valence-corrected chi connectivity index (χ1v) is 7.16. The molecule has 1 saturated carbocycles. The predicted octanol–water partition coefficient (Wildman–Crippen LogP) is 3.05. The van der Waals surface area contributed by atoms with Crippen molar-refractivity contribution in [1.29, 1.82) is 0 Å². The topological polar surface area (TPSA) is 47.6 Å². The number of carbonyl (C=O) groups is 1. The molecule has 5 heteroatoms. The number of benzene rings is 1. The van der Waals surface area contributed by atoms with Crippen molar-refractivity contribution < 1.29 is 18.7 Å². The molecule has 0 aliphatic heterocycles. The molecule has 0 bridgehead atoms. The highest BCUT2D eigenvalue weighted by atomic mass is 19.1. The van der Waals surface area contributed by atoms with Crippen LogP contribution in [-0.4, -0.2) is 31.8 Å². The van der Waals surface area contributed by atoms with Crippen molar-refractivity contribution in [3.05, 3.63) is 29.6 Å². The Morgan fingerprint density at radius 3 is 2.48 bits per heavy atom. The second kappa shape index (κ2) is 6.43. The lowest BCUT2D eigenvalue weighted by molar-refractivity contribution is -0.148. The molecule has 4 nitrogen and oxygen atoms in total. The fourth-order valence-corrected chi connectivity index (χ4v) is 2.98. The lowest BCUT2D eigenvalue weighted by Gasteiger charge is -2.38. The number of rotatable bonds is 4. The van der Waals surface area contributed by atoms with E-state index in [1.54, 1.807) is 7.11 Å². The van der Waals surface area contributed by atoms with Gasteiger partial charge in [-0.3, -0.25) is 0 Å². The highest BCUT2D eigenvalue weighted by Crippen LogP contribution is 2.34. The molecular weight excluding hydrogens is 273 g/mol. The molecule has 0 unspecified atom stereocenters. The van der Waals surface area contributed by atoms with Gasteiger partial charge in [-0.1, -0.05) is 0 Å². The lowest BCUT2D eigenvalue weighted by atomic mass is 9.80. The van der Waals surface area contributed by atoms with Crippen LogP contribution >= 0.6 is 0 Å². The maximum Gasteiger partial charge on any atom is 0.331 e. The normalized spacial score (nSPS) is 25.4. The van der Waals surface area contributed by atoms with Crippen LogP contribution in [0.3, 0.4) is 0 Å². The van der Waals surface area contributed by atoms with Crippen LogP contribution in [0, 0.1) is 12.7 Å². The van der Waals surface area contributed by atoms with Gasteiger partial charge in [0.1, 0.15) is 11.4 Å². The summed E-state index contributed by atoms with van der Waals surface area (Å²) in [6.45, 7) is 1.82. The third kappa shape index (κ3) is 3.53. The number of nitrogens with one attached hydrogen (secondary N) is 1. The quantitative estimate of drug-likeness (QED) is 0.867. The number of hydrogen-bond donors (Lipinski definition) is 1. The fourth-order valence-electron chi connectivity index (χ4n) is 2.98. The van der Waals surface area contributed by atoms with E-state index >= 15 is 0 Å². The number of carbonyl (C=O) groups excluding carboxylic acids is 1. The van der Waals surface area contributed by atoms with Crippen LogP contribution in [-0.2, 0) is 14.3 Å². The van der Waals surface area contributed by atoms with Crippen LogP contribution in [0.2, 0.25) is 0 Å². The minimum absolute atomic E-state index is 0.166. The van der Waals surface area contributed by atoms with Crippen LogP contribution in [0.5, 0.6) is 0 Å². The van der Waals surface area contributed by atoms with Crippen LogP contribution in [0.4, 0.5) is 10.1 Å². The number of halogens is 1. The van der Waals surface area contributed by atoms with Crippen LogP contribution < -0.4 is 5.32 Å². The number of hydrogen-bond acceptors (Lipinski definition) is 4. The Balaban J connectivity index is 2.23. The second-order valence-corrected chi connectivity index (χ2v) is 5.65. The Morgan fingerprint density at radius 1 is 1.29 bits per heavy atom. The zero-order valence-corrected chi connectivity index (χ0v) is 12.7. The zero-order valence-electron chi connectivity index (χ0n) is 12.7. The van der Waals surface area contributed by atoms with Gasteiger partial charge >= 0.3 is 5.97 Å². The molecule has 1 aromatic carbocycles. The van der Waals surface area contributed by atoms with Crippen molar-refractivity contribution >= 4 is 11.7 Å². The van der Waals surface area contributed by atoms with Crippen molar-refractivity contribution in [2.45, 2.75) is 44.2 Å². The molecule has 0 amide bonds. The van der Waals surface area contributed by atoms with E-state index in [1.807, 2.05) is 13.0 Å². The molecule has 21 heavy (non-hydrogen) atoms. The van der Waals surface area contributed by atoms with Gasteiger partial charge in [0.25, 0.3) is 0 Å². The maximum atomic E-state index is 13.5. The minimum Gasteiger partial charge on any atom is -0.467 e. The van der Waals surface area contributed by atoms with E-state index in [1.165, 1.54) is 19.2 Å². The average Bonchev–Trinajstić information content (AvgIpc) is 2.46. The van der Waals surface area contributed by atoms with Gasteiger partial charge in [-0.15, -0.1) is 0 Å². The molecule has 0 radical (unpaired) electrons. The van der Waals surface area contributed by atoms with Gasteiger partial charge in [-0.2, -0.15) is 0 Å². The van der Waals surface area contributed by atoms with Gasteiger partial charge in [0.15, 0.2) is 0 Å². The van der Waals surface area contributed by atoms with Crippen LogP contribution in [0.15, 0.2) is 18.2 Å². The molecule has 0 saturated heterocycles. The van der Waals surface area contributed by atoms with E-state index in [-0.39, 0.29) is 17.9 Å².